The summed E-state index contributed by atoms with van der Waals surface area (Å²) >= 11 is 0. The Hall–Kier alpha value is -7.86. The molecule has 1 aromatic heterocycles. The average Bonchev–Trinajstić information content (AvgIpc) is 3.77. The van der Waals surface area contributed by atoms with E-state index in [9.17, 15) is 0 Å². The first-order valence-electron chi connectivity index (χ1n) is 22.1. The fourth-order valence-corrected chi connectivity index (χ4v) is 11.2. The van der Waals surface area contributed by atoms with Gasteiger partial charge in [-0.25, -0.2) is 9.97 Å². The molecular formula is C62H48N2. The monoisotopic (exact) mass is 820 g/mol. The highest BCUT2D eigenvalue weighted by molar-refractivity contribution is 5.93. The van der Waals surface area contributed by atoms with Gasteiger partial charge in [0.2, 0.25) is 0 Å². The highest BCUT2D eigenvalue weighted by Crippen LogP contribution is 2.68. The fraction of sp³-hybridized carbons (Fsp3) is 0.0968. The smallest absolute Gasteiger partial charge is 0.160 e. The topological polar surface area (TPSA) is 25.8 Å². The van der Waals surface area contributed by atoms with Gasteiger partial charge in [0, 0.05) is 16.7 Å². The SMILES string of the molecule is C#C.C/C=C\C1=C(C)C(C)=C(/C=C\C)C12c1ccccc1C1(c3ccccc3-c3ccccc31)c1c(-c3nc(-c4ccccc4)cc(-c4cccc(-c5ccccc5)c4)n3)cccc12. The molecule has 0 saturated carbocycles. The Kier molecular flexibility index (Phi) is 10.1. The summed E-state index contributed by atoms with van der Waals surface area (Å²) < 4.78 is 0. The standard InChI is InChI=1S/C60H46N2.C2H2/c1-5-21-48-39(3)40(4)49(22-6-2)59(48)52-34-17-18-35-53(52)60(50-32-15-13-29-45(50)46-30-14-16-33-51(46)60)57-47(31-20-36-54(57)59)58-61-55(42-25-11-8-12-26-42)38-56(62-58)44-28-19-27-43(37-44)41-23-9-7-10-24-41;1-2/h5-38H,1-4H3;1-2H/b21-5-,22-6-;. The van der Waals surface area contributed by atoms with Crippen LogP contribution in [0.25, 0.3) is 56.2 Å². The van der Waals surface area contributed by atoms with Gasteiger partial charge in [0.05, 0.1) is 22.2 Å². The average molecular weight is 821 g/mol. The lowest BCUT2D eigenvalue weighted by Crippen LogP contribution is -2.44. The normalized spacial score (nSPS) is 15.0. The van der Waals surface area contributed by atoms with Crippen LogP contribution in [0, 0.1) is 12.8 Å². The summed E-state index contributed by atoms with van der Waals surface area (Å²) in [5, 5.41) is 0. The van der Waals surface area contributed by atoms with E-state index in [0.29, 0.717) is 5.82 Å². The molecule has 0 fully saturated rings. The molecular weight excluding hydrogens is 773 g/mol. The first-order chi connectivity index (χ1) is 31.5. The van der Waals surface area contributed by atoms with Crippen LogP contribution in [-0.4, -0.2) is 9.97 Å². The number of allylic oxidation sites excluding steroid dienone is 8. The van der Waals surface area contributed by atoms with Gasteiger partial charge in [0.25, 0.3) is 0 Å². The molecule has 8 aromatic rings. The maximum atomic E-state index is 5.66. The number of hydrogen-bond donors (Lipinski definition) is 0. The van der Waals surface area contributed by atoms with Crippen molar-refractivity contribution in [2.24, 2.45) is 0 Å². The summed E-state index contributed by atoms with van der Waals surface area (Å²) in [5.74, 6) is 0.707. The number of terminal acetylenes is 1. The van der Waals surface area contributed by atoms with Gasteiger partial charge in [-0.1, -0.05) is 194 Å². The van der Waals surface area contributed by atoms with E-state index in [1.807, 2.05) is 0 Å². The summed E-state index contributed by atoms with van der Waals surface area (Å²) in [7, 11) is 0. The zero-order valence-electron chi connectivity index (χ0n) is 36.7. The Morgan fingerprint density at radius 3 is 1.39 bits per heavy atom. The van der Waals surface area contributed by atoms with Crippen molar-refractivity contribution < 1.29 is 0 Å². The number of benzene rings is 7. The van der Waals surface area contributed by atoms with Crippen molar-refractivity contribution in [3.63, 3.8) is 0 Å². The predicted molar refractivity (Wildman–Crippen MR) is 267 cm³/mol. The second-order valence-corrected chi connectivity index (χ2v) is 16.7. The number of hydrogen-bond acceptors (Lipinski definition) is 2. The molecule has 11 rings (SSSR count). The summed E-state index contributed by atoms with van der Waals surface area (Å²) in [6, 6.07) is 66.4. The zero-order valence-corrected chi connectivity index (χ0v) is 36.7. The Labute approximate surface area is 377 Å². The van der Waals surface area contributed by atoms with Gasteiger partial charge >= 0.3 is 0 Å². The maximum Gasteiger partial charge on any atom is 0.160 e. The molecule has 0 aliphatic heterocycles. The van der Waals surface area contributed by atoms with Crippen molar-refractivity contribution >= 4 is 0 Å². The minimum atomic E-state index is -0.674. The van der Waals surface area contributed by atoms with E-state index in [2.05, 4.69) is 247 Å². The van der Waals surface area contributed by atoms with Crippen molar-refractivity contribution in [2.45, 2.75) is 38.5 Å². The predicted octanol–water partition coefficient (Wildman–Crippen LogP) is 15.2. The number of rotatable bonds is 6. The summed E-state index contributed by atoms with van der Waals surface area (Å²) in [6.07, 6.45) is 17.2. The molecule has 0 unspecified atom stereocenters. The van der Waals surface area contributed by atoms with Crippen molar-refractivity contribution in [2.75, 3.05) is 0 Å². The van der Waals surface area contributed by atoms with Crippen LogP contribution in [0.4, 0.5) is 0 Å². The van der Waals surface area contributed by atoms with Crippen molar-refractivity contribution in [1.82, 2.24) is 9.97 Å². The maximum absolute atomic E-state index is 5.66. The Morgan fingerprint density at radius 1 is 0.391 bits per heavy atom. The van der Waals surface area contributed by atoms with Crippen molar-refractivity contribution in [3.05, 3.63) is 262 Å². The quantitative estimate of drug-likeness (QED) is 0.156. The zero-order chi connectivity index (χ0) is 44.0. The summed E-state index contributed by atoms with van der Waals surface area (Å²) in [4.78, 5) is 11.3. The molecule has 0 N–H and O–H groups in total. The second-order valence-electron chi connectivity index (χ2n) is 16.7. The van der Waals surface area contributed by atoms with Crippen LogP contribution in [-0.2, 0) is 10.8 Å². The molecule has 3 aliphatic carbocycles. The van der Waals surface area contributed by atoms with Crippen molar-refractivity contribution in [3.8, 4) is 69.0 Å². The summed E-state index contributed by atoms with van der Waals surface area (Å²) in [5.41, 5.74) is 21.4. The van der Waals surface area contributed by atoms with Crippen LogP contribution < -0.4 is 0 Å². The van der Waals surface area contributed by atoms with E-state index in [0.717, 1.165) is 33.6 Å². The van der Waals surface area contributed by atoms with Crippen LogP contribution in [0.2, 0.25) is 0 Å². The Bertz CT molecular complexity index is 3190. The highest BCUT2D eigenvalue weighted by Gasteiger charge is 2.59. The van der Waals surface area contributed by atoms with Gasteiger partial charge in [-0.15, -0.1) is 12.8 Å². The second kappa shape index (κ2) is 16.1. The first kappa shape index (κ1) is 40.2. The third-order valence-electron chi connectivity index (χ3n) is 13.7. The molecule has 306 valence electrons. The van der Waals surface area contributed by atoms with Crippen LogP contribution in [0.3, 0.4) is 0 Å². The molecule has 2 nitrogen and oxygen atoms in total. The molecule has 2 spiro atoms. The van der Waals surface area contributed by atoms with Gasteiger partial charge in [-0.05, 0) is 118 Å². The minimum Gasteiger partial charge on any atom is -0.228 e. The fourth-order valence-electron chi connectivity index (χ4n) is 11.2. The van der Waals surface area contributed by atoms with E-state index in [1.165, 1.54) is 72.4 Å². The summed E-state index contributed by atoms with van der Waals surface area (Å²) in [6.45, 7) is 8.90. The Balaban J connectivity index is 0.00000239. The van der Waals surface area contributed by atoms with E-state index >= 15 is 0 Å². The molecule has 7 aromatic carbocycles. The first-order valence-corrected chi connectivity index (χ1v) is 22.1. The van der Waals surface area contributed by atoms with E-state index in [-0.39, 0.29) is 0 Å². The number of fused-ring (bicyclic) bond motifs is 11. The van der Waals surface area contributed by atoms with Gasteiger partial charge in [0.1, 0.15) is 0 Å². The highest BCUT2D eigenvalue weighted by atomic mass is 14.9. The lowest BCUT2D eigenvalue weighted by atomic mass is 9.51. The lowest BCUT2D eigenvalue weighted by molar-refractivity contribution is 0.627. The van der Waals surface area contributed by atoms with E-state index in [1.54, 1.807) is 0 Å². The third kappa shape index (κ3) is 5.74. The lowest BCUT2D eigenvalue weighted by Gasteiger charge is -2.50. The number of nitrogens with zero attached hydrogens (tertiary/aromatic N) is 2. The van der Waals surface area contributed by atoms with Crippen LogP contribution in [0.15, 0.2) is 229 Å². The Morgan fingerprint density at radius 2 is 0.812 bits per heavy atom. The minimum absolute atomic E-state index is 0.600. The molecule has 0 bridgehead atoms. The molecule has 2 heteroatoms. The van der Waals surface area contributed by atoms with Gasteiger partial charge in [-0.2, -0.15) is 0 Å². The van der Waals surface area contributed by atoms with E-state index < -0.39 is 10.8 Å². The largest absolute Gasteiger partial charge is 0.228 e. The molecule has 64 heavy (non-hydrogen) atoms. The van der Waals surface area contributed by atoms with Crippen LogP contribution in [0.1, 0.15) is 61.1 Å². The molecule has 3 aliphatic rings. The molecule has 0 radical (unpaired) electrons. The van der Waals surface area contributed by atoms with E-state index in [4.69, 9.17) is 9.97 Å². The van der Waals surface area contributed by atoms with Gasteiger partial charge in [0.15, 0.2) is 5.82 Å². The third-order valence-corrected chi connectivity index (χ3v) is 13.7. The van der Waals surface area contributed by atoms with Crippen molar-refractivity contribution in [1.29, 1.82) is 0 Å². The van der Waals surface area contributed by atoms with Gasteiger partial charge < -0.3 is 0 Å². The molecule has 0 atom stereocenters. The number of aromatic nitrogens is 2. The van der Waals surface area contributed by atoms with Crippen LogP contribution in [0.5, 0.6) is 0 Å². The van der Waals surface area contributed by atoms with Gasteiger partial charge in [-0.3, -0.25) is 0 Å². The van der Waals surface area contributed by atoms with Crippen LogP contribution >= 0.6 is 0 Å². The molecule has 0 amide bonds. The molecule has 0 saturated heterocycles. The molecule has 1 heterocycles.